The van der Waals surface area contributed by atoms with Gasteiger partial charge in [-0.2, -0.15) is 0 Å². The molecule has 0 aliphatic heterocycles. The van der Waals surface area contributed by atoms with Crippen LogP contribution >= 0.6 is 0 Å². The van der Waals surface area contributed by atoms with Gasteiger partial charge in [0.15, 0.2) is 0 Å². The van der Waals surface area contributed by atoms with Crippen molar-refractivity contribution in [1.82, 2.24) is 20.4 Å². The molecule has 10 heteroatoms. The SMILES string of the molecule is Cc1noc(-c2ccccc2C(=O)NC2CCC[C@@H]2[As]c2ccc(C(F)(F)F)cn2)n1. The number of aryl methyl sites for hydroxylation is 1. The van der Waals surface area contributed by atoms with Crippen LogP contribution in [-0.2, 0) is 6.18 Å². The molecule has 161 valence electrons. The second-order valence-corrected chi connectivity index (χ2v) is 10.2. The van der Waals surface area contributed by atoms with E-state index in [1.165, 1.54) is 6.07 Å². The Kier molecular flexibility index (Phi) is 6.14. The number of aromatic nitrogens is 3. The van der Waals surface area contributed by atoms with Crippen molar-refractivity contribution in [3.63, 3.8) is 0 Å². The van der Waals surface area contributed by atoms with Crippen molar-refractivity contribution in [2.45, 2.75) is 43.1 Å². The summed E-state index contributed by atoms with van der Waals surface area (Å²) < 4.78 is 44.4. The Bertz CT molecular complexity index is 1070. The molecule has 2 aromatic heterocycles. The first-order valence-corrected chi connectivity index (χ1v) is 11.8. The number of pyridine rings is 1. The molecule has 1 N–H and O–H groups in total. The van der Waals surface area contributed by atoms with Gasteiger partial charge in [0, 0.05) is 0 Å². The number of benzene rings is 1. The molecule has 3 aromatic rings. The van der Waals surface area contributed by atoms with Crippen molar-refractivity contribution >= 4 is 26.1 Å². The van der Waals surface area contributed by atoms with Crippen molar-refractivity contribution in [2.24, 2.45) is 0 Å². The van der Waals surface area contributed by atoms with Gasteiger partial charge in [-0.3, -0.25) is 0 Å². The summed E-state index contributed by atoms with van der Waals surface area (Å²) in [7, 11) is 0. The standard InChI is InChI=1S/C21H19AsF3N4O2/c1-12-27-20(31-29-12)15-6-3-2-5-14(15)19(30)28-17-8-4-7-16(17)22-18-10-9-13(11-26-18)21(23,24)25/h2-3,5-6,9-11,16-17H,4,7-8H2,1H3,(H,28,30)/t16-,17?/m0/s1. The van der Waals surface area contributed by atoms with Crippen LogP contribution in [0.15, 0.2) is 47.1 Å². The Morgan fingerprint density at radius 2 is 2.00 bits per heavy atom. The van der Waals surface area contributed by atoms with Gasteiger partial charge in [-0.25, -0.2) is 0 Å². The summed E-state index contributed by atoms with van der Waals surface area (Å²) >= 11 is -0.480. The van der Waals surface area contributed by atoms with Gasteiger partial charge in [-0.15, -0.1) is 0 Å². The molecular weight excluding hydrogens is 472 g/mol. The summed E-state index contributed by atoms with van der Waals surface area (Å²) in [6.45, 7) is 1.71. The fourth-order valence-corrected chi connectivity index (χ4v) is 6.40. The van der Waals surface area contributed by atoms with E-state index in [-0.39, 0.29) is 22.5 Å². The number of rotatable bonds is 5. The number of hydrogen-bond donors (Lipinski definition) is 1. The quantitative estimate of drug-likeness (QED) is 0.553. The Labute approximate surface area is 183 Å². The van der Waals surface area contributed by atoms with E-state index in [0.717, 1.165) is 31.5 Å². The van der Waals surface area contributed by atoms with Crippen LogP contribution < -0.4 is 9.80 Å². The fourth-order valence-electron chi connectivity index (χ4n) is 3.58. The number of hydrogen-bond acceptors (Lipinski definition) is 5. The zero-order valence-electron chi connectivity index (χ0n) is 16.6. The summed E-state index contributed by atoms with van der Waals surface area (Å²) in [5.74, 6) is 0.533. The van der Waals surface area contributed by atoms with Crippen molar-refractivity contribution in [3.05, 3.63) is 59.5 Å². The van der Waals surface area contributed by atoms with Crippen LogP contribution in [0.2, 0.25) is 4.71 Å². The molecule has 6 nitrogen and oxygen atoms in total. The first-order valence-electron chi connectivity index (χ1n) is 9.76. The second kappa shape index (κ2) is 8.83. The maximum atomic E-state index is 13.0. The maximum absolute atomic E-state index is 13.0. The average molecular weight is 491 g/mol. The van der Waals surface area contributed by atoms with E-state index < -0.39 is 27.5 Å². The number of nitrogens with one attached hydrogen (secondary N) is 1. The van der Waals surface area contributed by atoms with Crippen LogP contribution in [0.1, 0.15) is 41.0 Å². The zero-order valence-corrected chi connectivity index (χ0v) is 18.4. The van der Waals surface area contributed by atoms with Gasteiger partial charge in [0.25, 0.3) is 0 Å². The van der Waals surface area contributed by atoms with Gasteiger partial charge in [-0.05, 0) is 0 Å². The number of amides is 1. The summed E-state index contributed by atoms with van der Waals surface area (Å²) in [4.78, 5) is 21.3. The molecule has 0 spiro atoms. The molecule has 1 amide bonds. The minimum absolute atomic E-state index is 0.0472. The van der Waals surface area contributed by atoms with Gasteiger partial charge in [0.1, 0.15) is 0 Å². The number of halogens is 3. The van der Waals surface area contributed by atoms with Crippen molar-refractivity contribution in [1.29, 1.82) is 0 Å². The molecule has 0 saturated heterocycles. The topological polar surface area (TPSA) is 80.9 Å². The van der Waals surface area contributed by atoms with Crippen LogP contribution in [0, 0.1) is 6.92 Å². The first-order chi connectivity index (χ1) is 14.8. The molecule has 4 rings (SSSR count). The zero-order chi connectivity index (χ0) is 22.0. The molecule has 1 aliphatic rings. The Morgan fingerprint density at radius 3 is 2.68 bits per heavy atom. The molecule has 31 heavy (non-hydrogen) atoms. The second-order valence-electron chi connectivity index (χ2n) is 7.30. The molecular formula is C21H19AsF3N4O2. The van der Waals surface area contributed by atoms with Crippen LogP contribution in [-0.4, -0.2) is 42.8 Å². The third-order valence-electron chi connectivity index (χ3n) is 5.10. The Hall–Kier alpha value is -2.67. The normalized spacial score (nSPS) is 19.2. The summed E-state index contributed by atoms with van der Waals surface area (Å²) in [5.41, 5.74) is 0.259. The Balaban J connectivity index is 1.46. The third-order valence-corrected chi connectivity index (χ3v) is 8.20. The van der Waals surface area contributed by atoms with E-state index in [2.05, 4.69) is 20.4 Å². The van der Waals surface area contributed by atoms with Gasteiger partial charge in [0.05, 0.1) is 0 Å². The van der Waals surface area contributed by atoms with Gasteiger partial charge in [-0.1, -0.05) is 0 Å². The number of carbonyl (C=O) groups is 1. The van der Waals surface area contributed by atoms with Crippen molar-refractivity contribution in [3.8, 4) is 11.5 Å². The van der Waals surface area contributed by atoms with Crippen LogP contribution in [0.3, 0.4) is 0 Å². The fraction of sp³-hybridized carbons (Fsp3) is 0.333. The molecule has 1 unspecified atom stereocenters. The van der Waals surface area contributed by atoms with E-state index in [9.17, 15) is 18.0 Å². The molecule has 1 aromatic carbocycles. The van der Waals surface area contributed by atoms with Crippen LogP contribution in [0.4, 0.5) is 13.2 Å². The molecule has 1 aliphatic carbocycles. The van der Waals surface area contributed by atoms with E-state index in [1.54, 1.807) is 31.2 Å². The van der Waals surface area contributed by atoms with E-state index in [0.29, 0.717) is 21.4 Å². The summed E-state index contributed by atoms with van der Waals surface area (Å²) in [6, 6.07) is 9.51. The van der Waals surface area contributed by atoms with Gasteiger partial charge >= 0.3 is 183 Å². The molecule has 1 radical (unpaired) electrons. The van der Waals surface area contributed by atoms with Crippen LogP contribution in [0.5, 0.6) is 0 Å². The van der Waals surface area contributed by atoms with Crippen molar-refractivity contribution < 1.29 is 22.5 Å². The number of nitrogens with zero attached hydrogens (tertiary/aromatic N) is 3. The predicted octanol–water partition coefficient (Wildman–Crippen LogP) is 3.56. The molecule has 2 atom stereocenters. The minimum atomic E-state index is -4.39. The van der Waals surface area contributed by atoms with E-state index in [4.69, 9.17) is 4.52 Å². The number of alkyl halides is 3. The van der Waals surface area contributed by atoms with Crippen molar-refractivity contribution in [2.75, 3.05) is 0 Å². The first kappa shape index (κ1) is 21.6. The molecule has 1 saturated carbocycles. The third kappa shape index (κ3) is 4.98. The molecule has 2 heterocycles. The van der Waals surface area contributed by atoms with E-state index in [1.807, 2.05) is 0 Å². The Morgan fingerprint density at radius 1 is 1.19 bits per heavy atom. The number of carbonyl (C=O) groups excluding carboxylic acids is 1. The van der Waals surface area contributed by atoms with Crippen LogP contribution in [0.25, 0.3) is 11.5 Å². The van der Waals surface area contributed by atoms with E-state index >= 15 is 0 Å². The average Bonchev–Trinajstić information content (AvgIpc) is 3.36. The summed E-state index contributed by atoms with van der Waals surface area (Å²) in [6.07, 6.45) is -0.810. The monoisotopic (exact) mass is 491 g/mol. The van der Waals surface area contributed by atoms with Gasteiger partial charge in [0.2, 0.25) is 0 Å². The molecule has 0 bridgehead atoms. The van der Waals surface area contributed by atoms with Gasteiger partial charge < -0.3 is 0 Å². The summed E-state index contributed by atoms with van der Waals surface area (Å²) in [5, 5.41) is 6.89. The molecule has 1 fully saturated rings. The predicted molar refractivity (Wildman–Crippen MR) is 108 cm³/mol.